The number of benzene rings is 1. The third-order valence-corrected chi connectivity index (χ3v) is 10.3. The van der Waals surface area contributed by atoms with Crippen LogP contribution in [-0.2, 0) is 20.6 Å². The lowest BCUT2D eigenvalue weighted by Crippen LogP contribution is -2.49. The number of fused-ring (bicyclic) bond motifs is 1. The molecule has 0 aliphatic heterocycles. The Morgan fingerprint density at radius 3 is 2.42 bits per heavy atom. The lowest BCUT2D eigenvalue weighted by Gasteiger charge is -2.38. The summed E-state index contributed by atoms with van der Waals surface area (Å²) in [5.41, 5.74) is 6.06. The highest BCUT2D eigenvalue weighted by Crippen LogP contribution is 2.36. The second kappa shape index (κ2) is 9.19. The Hall–Kier alpha value is -2.72. The molecule has 0 radical (unpaired) electrons. The van der Waals surface area contributed by atoms with Gasteiger partial charge < -0.3 is 20.2 Å². The van der Waals surface area contributed by atoms with Crippen molar-refractivity contribution >= 4 is 37.0 Å². The number of carboxylic acids is 1. The highest BCUT2D eigenvalue weighted by molar-refractivity contribution is 6.74. The van der Waals surface area contributed by atoms with E-state index in [1.54, 1.807) is 31.2 Å². The minimum Gasteiger partial charge on any atom is -0.480 e. The molecule has 0 aliphatic rings. The molecule has 0 fully saturated rings. The number of carboxylic acid groups (broad SMARTS) is 1. The van der Waals surface area contributed by atoms with Gasteiger partial charge in [-0.3, -0.25) is 19.1 Å². The van der Waals surface area contributed by atoms with Gasteiger partial charge in [-0.05, 0) is 31.1 Å². The number of amides is 2. The van der Waals surface area contributed by atoms with Crippen LogP contribution >= 0.6 is 0 Å². The van der Waals surface area contributed by atoms with E-state index >= 15 is 0 Å². The fourth-order valence-corrected chi connectivity index (χ4v) is 4.01. The molecule has 31 heavy (non-hydrogen) atoms. The van der Waals surface area contributed by atoms with Gasteiger partial charge in [-0.2, -0.15) is 5.10 Å². The first-order valence-electron chi connectivity index (χ1n) is 10.1. The zero-order chi connectivity index (χ0) is 23.6. The topological polar surface area (TPSA) is 128 Å². The normalized spacial score (nSPS) is 13.2. The Morgan fingerprint density at radius 2 is 1.87 bits per heavy atom. The monoisotopic (exact) mass is 448 g/mol. The minimum atomic E-state index is -2.06. The standard InChI is InChI=1S/C21H32N4O5Si/c1-14(13-30-31(5,6)21(2,3)4)24(12-18(27)28)17(26)11-25-16-10-8-7-9-15(16)19(23-25)20(22)29/h7-10,14H,11-13H2,1-6H3,(H2,22,29)(H,27,28)/t14-/m1/s1. The molecule has 0 saturated carbocycles. The van der Waals surface area contributed by atoms with E-state index in [0.717, 1.165) is 0 Å². The van der Waals surface area contributed by atoms with Gasteiger partial charge in [-0.1, -0.05) is 39.0 Å². The van der Waals surface area contributed by atoms with E-state index in [1.165, 1.54) is 9.58 Å². The van der Waals surface area contributed by atoms with E-state index in [1.807, 2.05) is 0 Å². The maximum absolute atomic E-state index is 13.1. The average molecular weight is 449 g/mol. The summed E-state index contributed by atoms with van der Waals surface area (Å²) in [5.74, 6) is -2.24. The number of rotatable bonds is 9. The van der Waals surface area contributed by atoms with Crippen LogP contribution in [0.4, 0.5) is 0 Å². The molecule has 1 aromatic carbocycles. The molecule has 0 unspecified atom stereocenters. The second-order valence-corrected chi connectivity index (χ2v) is 14.0. The summed E-state index contributed by atoms with van der Waals surface area (Å²) in [6, 6.07) is 6.50. The van der Waals surface area contributed by atoms with Crippen LogP contribution in [0, 0.1) is 0 Å². The summed E-state index contributed by atoms with van der Waals surface area (Å²) < 4.78 is 7.58. The van der Waals surface area contributed by atoms with E-state index in [2.05, 4.69) is 39.0 Å². The average Bonchev–Trinajstić information content (AvgIpc) is 3.02. The van der Waals surface area contributed by atoms with Crippen LogP contribution in [0.2, 0.25) is 18.1 Å². The summed E-state index contributed by atoms with van der Waals surface area (Å²) in [7, 11) is -2.06. The van der Waals surface area contributed by atoms with Crippen molar-refractivity contribution in [3.8, 4) is 0 Å². The molecule has 0 bridgehead atoms. The van der Waals surface area contributed by atoms with E-state index in [0.29, 0.717) is 10.9 Å². The number of carbonyl (C=O) groups is 3. The Labute approximate surface area is 183 Å². The summed E-state index contributed by atoms with van der Waals surface area (Å²) >= 11 is 0. The highest BCUT2D eigenvalue weighted by atomic mass is 28.4. The van der Waals surface area contributed by atoms with Gasteiger partial charge in [0, 0.05) is 5.39 Å². The molecule has 10 heteroatoms. The Morgan fingerprint density at radius 1 is 1.26 bits per heavy atom. The summed E-state index contributed by atoms with van der Waals surface area (Å²) in [5, 5.41) is 14.1. The van der Waals surface area contributed by atoms with E-state index in [9.17, 15) is 19.5 Å². The van der Waals surface area contributed by atoms with Crippen LogP contribution in [0.15, 0.2) is 24.3 Å². The molecule has 170 valence electrons. The first-order valence-corrected chi connectivity index (χ1v) is 13.1. The molecular formula is C21H32N4O5Si. The van der Waals surface area contributed by atoms with Gasteiger partial charge in [-0.15, -0.1) is 0 Å². The highest BCUT2D eigenvalue weighted by Gasteiger charge is 2.38. The lowest BCUT2D eigenvalue weighted by molar-refractivity contribution is -0.146. The number of primary amides is 1. The molecule has 2 amide bonds. The van der Waals surface area contributed by atoms with Gasteiger partial charge in [0.2, 0.25) is 5.91 Å². The summed E-state index contributed by atoms with van der Waals surface area (Å²) in [6.07, 6.45) is 0. The van der Waals surface area contributed by atoms with Gasteiger partial charge in [0.25, 0.3) is 5.91 Å². The molecule has 3 N–H and O–H groups in total. The maximum atomic E-state index is 13.1. The van der Waals surface area contributed by atoms with Crippen molar-refractivity contribution < 1.29 is 23.9 Å². The summed E-state index contributed by atoms with van der Waals surface area (Å²) in [6.45, 7) is 11.9. The van der Waals surface area contributed by atoms with E-state index < -0.39 is 38.7 Å². The number of nitrogens with two attached hydrogens (primary N) is 1. The van der Waals surface area contributed by atoms with Crippen molar-refractivity contribution in [2.45, 2.75) is 58.4 Å². The Kier molecular flexibility index (Phi) is 7.27. The van der Waals surface area contributed by atoms with Gasteiger partial charge in [0.05, 0.1) is 18.2 Å². The van der Waals surface area contributed by atoms with E-state index in [4.69, 9.17) is 10.2 Å². The predicted molar refractivity (Wildman–Crippen MR) is 120 cm³/mol. The van der Waals surface area contributed by atoms with Crippen LogP contribution in [-0.4, -0.2) is 65.1 Å². The van der Waals surface area contributed by atoms with Crippen molar-refractivity contribution in [3.63, 3.8) is 0 Å². The number of para-hydroxylation sites is 1. The molecule has 0 spiro atoms. The van der Waals surface area contributed by atoms with Crippen LogP contribution in [0.5, 0.6) is 0 Å². The van der Waals surface area contributed by atoms with Gasteiger partial charge in [-0.25, -0.2) is 0 Å². The quantitative estimate of drug-likeness (QED) is 0.567. The zero-order valence-electron chi connectivity index (χ0n) is 19.0. The van der Waals surface area contributed by atoms with Crippen molar-refractivity contribution in [3.05, 3.63) is 30.0 Å². The Bertz CT molecular complexity index is 980. The number of aromatic nitrogens is 2. The molecule has 1 aromatic heterocycles. The maximum Gasteiger partial charge on any atom is 0.323 e. The first-order chi connectivity index (χ1) is 14.2. The molecule has 9 nitrogen and oxygen atoms in total. The number of aliphatic carboxylic acids is 1. The molecule has 0 saturated heterocycles. The van der Waals surface area contributed by atoms with Crippen LogP contribution in [0.3, 0.4) is 0 Å². The van der Waals surface area contributed by atoms with Crippen molar-refractivity contribution in [2.75, 3.05) is 13.2 Å². The van der Waals surface area contributed by atoms with Crippen LogP contribution < -0.4 is 5.73 Å². The summed E-state index contributed by atoms with van der Waals surface area (Å²) in [4.78, 5) is 37.5. The third kappa shape index (κ3) is 5.70. The van der Waals surface area contributed by atoms with Gasteiger partial charge >= 0.3 is 5.97 Å². The van der Waals surface area contributed by atoms with Gasteiger partial charge in [0.15, 0.2) is 14.0 Å². The number of carbonyl (C=O) groups excluding carboxylic acids is 2. The predicted octanol–water partition coefficient (Wildman–Crippen LogP) is 2.46. The molecule has 0 aliphatic carbocycles. The zero-order valence-corrected chi connectivity index (χ0v) is 20.0. The molecule has 1 atom stereocenters. The molecule has 2 aromatic rings. The molecular weight excluding hydrogens is 416 g/mol. The molecule has 1 heterocycles. The van der Waals surface area contributed by atoms with Crippen molar-refractivity contribution in [1.82, 2.24) is 14.7 Å². The SMILES string of the molecule is C[C@H](CO[Si](C)(C)C(C)(C)C)N(CC(=O)O)C(=O)Cn1nc(C(N)=O)c2ccccc21. The number of nitrogens with zero attached hydrogens (tertiary/aromatic N) is 3. The smallest absolute Gasteiger partial charge is 0.323 e. The Balaban J connectivity index is 2.25. The minimum absolute atomic E-state index is 0.00645. The van der Waals surface area contributed by atoms with E-state index in [-0.39, 0.29) is 23.9 Å². The third-order valence-electron chi connectivity index (χ3n) is 5.83. The van der Waals surface area contributed by atoms with Crippen LogP contribution in [0.1, 0.15) is 38.2 Å². The second-order valence-electron chi connectivity index (χ2n) is 9.22. The fraction of sp³-hybridized carbons (Fsp3) is 0.524. The fourth-order valence-electron chi connectivity index (χ4n) is 2.92. The number of hydrogen-bond acceptors (Lipinski definition) is 5. The van der Waals surface area contributed by atoms with Gasteiger partial charge in [0.1, 0.15) is 13.1 Å². The number of hydrogen-bond donors (Lipinski definition) is 2. The first kappa shape index (κ1) is 24.5. The molecule has 2 rings (SSSR count). The van der Waals surface area contributed by atoms with Crippen LogP contribution in [0.25, 0.3) is 10.9 Å². The lowest BCUT2D eigenvalue weighted by atomic mass is 10.2. The van der Waals surface area contributed by atoms with Crippen molar-refractivity contribution in [2.24, 2.45) is 5.73 Å². The van der Waals surface area contributed by atoms with Crippen molar-refractivity contribution in [1.29, 1.82) is 0 Å². The largest absolute Gasteiger partial charge is 0.480 e.